The Hall–Kier alpha value is -1.73. The van der Waals surface area contributed by atoms with E-state index < -0.39 is 17.8 Å². The Morgan fingerprint density at radius 1 is 1.14 bits per heavy atom. The van der Waals surface area contributed by atoms with E-state index in [4.69, 9.17) is 0 Å². The van der Waals surface area contributed by atoms with Crippen molar-refractivity contribution >= 4 is 11.8 Å². The van der Waals surface area contributed by atoms with Crippen LogP contribution in [0.2, 0.25) is 0 Å². The van der Waals surface area contributed by atoms with E-state index in [0.29, 0.717) is 15.3 Å². The van der Waals surface area contributed by atoms with Gasteiger partial charge in [0.05, 0.1) is 11.7 Å². The number of alkyl halides is 3. The average Bonchev–Trinajstić information content (AvgIpc) is 2.45. The molecule has 0 aliphatic carbocycles. The summed E-state index contributed by atoms with van der Waals surface area (Å²) < 4.78 is 38.0. The summed E-state index contributed by atoms with van der Waals surface area (Å²) in [6.07, 6.45) is -4.00. The minimum absolute atomic E-state index is 0.178. The van der Waals surface area contributed by atoms with Gasteiger partial charge in [0.15, 0.2) is 6.20 Å². The Morgan fingerprint density at radius 2 is 1.81 bits per heavy atom. The highest BCUT2D eigenvalue weighted by Gasteiger charge is 2.30. The molecule has 0 aliphatic rings. The van der Waals surface area contributed by atoms with Crippen LogP contribution in [0.1, 0.15) is 17.2 Å². The van der Waals surface area contributed by atoms with Crippen molar-refractivity contribution in [1.82, 2.24) is 0 Å². The topological polar surface area (TPSA) is 47.2 Å². The summed E-state index contributed by atoms with van der Waals surface area (Å²) in [6, 6.07) is 9.23. The third-order valence-corrected chi connectivity index (χ3v) is 3.89. The number of hydrogen-bond donors (Lipinski definition) is 1. The van der Waals surface area contributed by atoms with Gasteiger partial charge >= 0.3 is 6.18 Å². The molecule has 1 heterocycles. The second kappa shape index (κ2) is 6.36. The van der Waals surface area contributed by atoms with Crippen LogP contribution in [0.5, 0.6) is 0 Å². The quantitative estimate of drug-likeness (QED) is 0.535. The van der Waals surface area contributed by atoms with Crippen LogP contribution in [0.4, 0.5) is 13.2 Å². The highest BCUT2D eigenvalue weighted by atomic mass is 32.2. The smallest absolute Gasteiger partial charge is 0.416 e. The predicted molar refractivity (Wildman–Crippen MR) is 72.5 cm³/mol. The molecule has 1 atom stereocenters. The number of benzene rings is 1. The summed E-state index contributed by atoms with van der Waals surface area (Å²) in [4.78, 5) is 0. The van der Waals surface area contributed by atoms with Crippen molar-refractivity contribution in [2.45, 2.75) is 17.3 Å². The molecule has 1 aromatic heterocycles. The van der Waals surface area contributed by atoms with Gasteiger partial charge in [0.25, 0.3) is 5.03 Å². The first kappa shape index (κ1) is 15.7. The van der Waals surface area contributed by atoms with Crippen molar-refractivity contribution in [2.75, 3.05) is 5.75 Å². The molecule has 21 heavy (non-hydrogen) atoms. The normalized spacial score (nSPS) is 13.1. The first-order valence-corrected chi connectivity index (χ1v) is 7.02. The van der Waals surface area contributed by atoms with Gasteiger partial charge in [0.1, 0.15) is 0 Å². The Balaban J connectivity index is 2.01. The number of thioether (sulfide) groups is 1. The molecular weight excluding hydrogens is 303 g/mol. The molecule has 0 aliphatic heterocycles. The minimum Gasteiger partial charge on any atom is -0.618 e. The van der Waals surface area contributed by atoms with Gasteiger partial charge in [-0.1, -0.05) is 23.9 Å². The highest BCUT2D eigenvalue weighted by molar-refractivity contribution is 7.99. The lowest BCUT2D eigenvalue weighted by Crippen LogP contribution is -2.28. The van der Waals surface area contributed by atoms with Gasteiger partial charge in [-0.25, -0.2) is 0 Å². The van der Waals surface area contributed by atoms with E-state index in [1.807, 2.05) is 0 Å². The van der Waals surface area contributed by atoms with Crippen LogP contribution >= 0.6 is 11.8 Å². The molecule has 7 heteroatoms. The van der Waals surface area contributed by atoms with Gasteiger partial charge in [0, 0.05) is 17.9 Å². The molecule has 2 aromatic rings. The van der Waals surface area contributed by atoms with Crippen molar-refractivity contribution in [1.29, 1.82) is 0 Å². The third-order valence-electron chi connectivity index (χ3n) is 2.80. The molecule has 0 radical (unpaired) electrons. The van der Waals surface area contributed by atoms with Gasteiger partial charge in [-0.2, -0.15) is 17.9 Å². The zero-order valence-electron chi connectivity index (χ0n) is 10.7. The van der Waals surface area contributed by atoms with E-state index in [2.05, 4.69) is 0 Å². The summed E-state index contributed by atoms with van der Waals surface area (Å²) in [5, 5.41) is 21.8. The van der Waals surface area contributed by atoms with Crippen LogP contribution < -0.4 is 4.73 Å². The number of aromatic nitrogens is 1. The van der Waals surface area contributed by atoms with Gasteiger partial charge in [0.2, 0.25) is 0 Å². The van der Waals surface area contributed by atoms with Crippen LogP contribution in [0, 0.1) is 5.21 Å². The molecule has 1 aromatic carbocycles. The summed E-state index contributed by atoms with van der Waals surface area (Å²) in [5.41, 5.74) is -0.379. The Kier molecular flexibility index (Phi) is 4.74. The molecule has 0 saturated heterocycles. The van der Waals surface area contributed by atoms with Crippen LogP contribution in [0.25, 0.3) is 0 Å². The lowest BCUT2D eigenvalue weighted by molar-refractivity contribution is -0.645. The van der Waals surface area contributed by atoms with Crippen LogP contribution in [-0.4, -0.2) is 10.9 Å². The maximum absolute atomic E-state index is 12.4. The van der Waals surface area contributed by atoms with Crippen molar-refractivity contribution in [3.8, 4) is 0 Å². The molecule has 0 unspecified atom stereocenters. The largest absolute Gasteiger partial charge is 0.618 e. The van der Waals surface area contributed by atoms with Gasteiger partial charge < -0.3 is 10.3 Å². The number of nitrogens with zero attached hydrogens (tertiary/aromatic N) is 1. The molecule has 112 valence electrons. The molecule has 0 saturated carbocycles. The van der Waals surface area contributed by atoms with E-state index in [0.717, 1.165) is 23.9 Å². The van der Waals surface area contributed by atoms with Crippen molar-refractivity contribution in [3.05, 3.63) is 65.0 Å². The number of rotatable bonds is 4. The standard InChI is InChI=1S/C14H12F3NO2S/c15-14(16,17)11-6-4-10(5-7-11)12(19)9-21-13-3-1-2-8-18(13)20/h1-8,12,19H,9H2/t12-/m1/s1. The second-order valence-corrected chi connectivity index (χ2v) is 5.35. The molecule has 0 bridgehead atoms. The second-order valence-electron chi connectivity index (χ2n) is 4.31. The molecule has 3 nitrogen and oxygen atoms in total. The number of halogens is 3. The Bertz CT molecular complexity index is 602. The van der Waals surface area contributed by atoms with Gasteiger partial charge in [-0.3, -0.25) is 0 Å². The lowest BCUT2D eigenvalue weighted by Gasteiger charge is -2.12. The first-order valence-electron chi connectivity index (χ1n) is 6.04. The fraction of sp³-hybridized carbons (Fsp3) is 0.214. The maximum Gasteiger partial charge on any atom is 0.416 e. The Labute approximate surface area is 123 Å². The van der Waals surface area contributed by atoms with E-state index in [1.54, 1.807) is 18.2 Å². The van der Waals surface area contributed by atoms with E-state index >= 15 is 0 Å². The van der Waals surface area contributed by atoms with E-state index in [1.165, 1.54) is 18.3 Å². The molecular formula is C14H12F3NO2S. The summed E-state index contributed by atoms with van der Waals surface area (Å²) in [6.45, 7) is 0. The average molecular weight is 315 g/mol. The fourth-order valence-corrected chi connectivity index (χ4v) is 2.56. The van der Waals surface area contributed by atoms with Crippen LogP contribution in [-0.2, 0) is 6.18 Å². The molecule has 0 amide bonds. The third kappa shape index (κ3) is 4.12. The van der Waals surface area contributed by atoms with Crippen molar-refractivity contribution in [2.24, 2.45) is 0 Å². The van der Waals surface area contributed by atoms with E-state index in [9.17, 15) is 23.5 Å². The molecule has 0 spiro atoms. The molecule has 1 N–H and O–H groups in total. The number of pyridine rings is 1. The number of aliphatic hydroxyl groups excluding tert-OH is 1. The summed E-state index contributed by atoms with van der Waals surface area (Å²) >= 11 is 1.14. The first-order chi connectivity index (χ1) is 9.88. The fourth-order valence-electron chi connectivity index (χ4n) is 1.68. The monoisotopic (exact) mass is 315 g/mol. The maximum atomic E-state index is 12.4. The number of aliphatic hydroxyl groups is 1. The molecule has 2 rings (SSSR count). The number of hydrogen-bond acceptors (Lipinski definition) is 3. The predicted octanol–water partition coefficient (Wildman–Crippen LogP) is 3.16. The summed E-state index contributed by atoms with van der Waals surface area (Å²) in [7, 11) is 0. The van der Waals surface area contributed by atoms with Gasteiger partial charge in [-0.15, -0.1) is 0 Å². The lowest BCUT2D eigenvalue weighted by atomic mass is 10.1. The van der Waals surface area contributed by atoms with Crippen molar-refractivity contribution < 1.29 is 23.0 Å². The van der Waals surface area contributed by atoms with Crippen molar-refractivity contribution in [3.63, 3.8) is 0 Å². The van der Waals surface area contributed by atoms with E-state index in [-0.39, 0.29) is 5.75 Å². The van der Waals surface area contributed by atoms with Crippen LogP contribution in [0.3, 0.4) is 0 Å². The zero-order valence-corrected chi connectivity index (χ0v) is 11.6. The highest BCUT2D eigenvalue weighted by Crippen LogP contribution is 2.30. The minimum atomic E-state index is -4.39. The Morgan fingerprint density at radius 3 is 2.38 bits per heavy atom. The van der Waals surface area contributed by atoms with Gasteiger partial charge in [-0.05, 0) is 23.8 Å². The SMILES string of the molecule is [O-][n+]1ccccc1SC[C@@H](O)c1ccc(C(F)(F)F)cc1. The molecule has 0 fully saturated rings. The summed E-state index contributed by atoms with van der Waals surface area (Å²) in [5.74, 6) is 0.178. The zero-order chi connectivity index (χ0) is 15.5. The van der Waals surface area contributed by atoms with Crippen LogP contribution in [0.15, 0.2) is 53.7 Å².